The van der Waals surface area contributed by atoms with Crippen LogP contribution in [0.15, 0.2) is 69.4 Å². The van der Waals surface area contributed by atoms with E-state index >= 15 is 0 Å². The van der Waals surface area contributed by atoms with Crippen molar-refractivity contribution < 1.29 is 4.79 Å². The van der Waals surface area contributed by atoms with E-state index in [4.69, 9.17) is 4.98 Å². The molecule has 4 aromatic rings. The monoisotopic (exact) mass is 468 g/mol. The molecule has 0 fully saturated rings. The van der Waals surface area contributed by atoms with Crippen LogP contribution < -0.4 is 10.9 Å². The molecule has 0 radical (unpaired) electrons. The molecule has 6 nitrogen and oxygen atoms in total. The van der Waals surface area contributed by atoms with Gasteiger partial charge in [-0.1, -0.05) is 48.2 Å². The van der Waals surface area contributed by atoms with E-state index in [9.17, 15) is 9.59 Å². The molecule has 0 spiro atoms. The summed E-state index contributed by atoms with van der Waals surface area (Å²) in [4.78, 5) is 31.3. The third-order valence-corrected chi connectivity index (χ3v) is 7.12. The number of thioether (sulfide) groups is 2. The standard InChI is InChI=1S/C22H20N4O2S3/c1-3-26-21(28)20-19(18(25-31-20)14-8-5-4-6-9-14)24-22(26)30-13-17(27)23-15-10-7-11-16(12-15)29-2/h4-12H,3,13H2,1-2H3,(H,23,27). The van der Waals surface area contributed by atoms with Crippen LogP contribution in [0.5, 0.6) is 0 Å². The van der Waals surface area contributed by atoms with E-state index in [0.29, 0.717) is 27.6 Å². The summed E-state index contributed by atoms with van der Waals surface area (Å²) in [5.41, 5.74) is 2.82. The highest BCUT2D eigenvalue weighted by molar-refractivity contribution is 7.99. The number of hydrogen-bond donors (Lipinski definition) is 1. The lowest BCUT2D eigenvalue weighted by atomic mass is 10.1. The quantitative estimate of drug-likeness (QED) is 0.304. The van der Waals surface area contributed by atoms with Gasteiger partial charge in [-0.2, -0.15) is 4.37 Å². The third kappa shape index (κ3) is 4.68. The molecule has 2 heterocycles. The number of fused-ring (bicyclic) bond motifs is 1. The van der Waals surface area contributed by atoms with Crippen LogP contribution in [-0.4, -0.2) is 31.8 Å². The number of amides is 1. The number of nitrogens with one attached hydrogen (secondary N) is 1. The Kier molecular flexibility index (Phi) is 6.74. The molecule has 1 N–H and O–H groups in total. The molecule has 31 heavy (non-hydrogen) atoms. The Morgan fingerprint density at radius 3 is 2.71 bits per heavy atom. The number of hydrogen-bond acceptors (Lipinski definition) is 7. The first-order chi connectivity index (χ1) is 15.1. The van der Waals surface area contributed by atoms with E-state index in [1.807, 2.05) is 67.8 Å². The van der Waals surface area contributed by atoms with Gasteiger partial charge in [0.25, 0.3) is 5.56 Å². The van der Waals surface area contributed by atoms with E-state index in [1.165, 1.54) is 23.3 Å². The zero-order chi connectivity index (χ0) is 21.8. The van der Waals surface area contributed by atoms with E-state index < -0.39 is 0 Å². The summed E-state index contributed by atoms with van der Waals surface area (Å²) in [6, 6.07) is 17.4. The van der Waals surface area contributed by atoms with Gasteiger partial charge in [-0.05, 0) is 42.9 Å². The average molecular weight is 469 g/mol. The molecule has 158 valence electrons. The normalized spacial score (nSPS) is 11.0. The molecule has 0 bridgehead atoms. The zero-order valence-electron chi connectivity index (χ0n) is 17.0. The molecule has 0 saturated carbocycles. The highest BCUT2D eigenvalue weighted by Crippen LogP contribution is 2.29. The maximum atomic E-state index is 13.0. The Morgan fingerprint density at radius 1 is 1.16 bits per heavy atom. The highest BCUT2D eigenvalue weighted by atomic mass is 32.2. The lowest BCUT2D eigenvalue weighted by molar-refractivity contribution is -0.113. The molecule has 0 atom stereocenters. The number of carbonyl (C=O) groups excluding carboxylic acids is 1. The lowest BCUT2D eigenvalue weighted by Gasteiger charge is -2.10. The smallest absolute Gasteiger partial charge is 0.273 e. The largest absolute Gasteiger partial charge is 0.325 e. The number of carbonyl (C=O) groups is 1. The molecule has 0 saturated heterocycles. The average Bonchev–Trinajstić information content (AvgIpc) is 3.23. The fourth-order valence-corrected chi connectivity index (χ4v) is 5.20. The van der Waals surface area contributed by atoms with Crippen molar-refractivity contribution >= 4 is 56.9 Å². The molecule has 0 unspecified atom stereocenters. The second-order valence-corrected chi connectivity index (χ2v) is 9.18. The minimum atomic E-state index is -0.146. The summed E-state index contributed by atoms with van der Waals surface area (Å²) in [5.74, 6) is 0.00614. The van der Waals surface area contributed by atoms with Crippen molar-refractivity contribution in [1.82, 2.24) is 13.9 Å². The van der Waals surface area contributed by atoms with Crippen molar-refractivity contribution in [3.8, 4) is 11.3 Å². The molecule has 2 aromatic carbocycles. The van der Waals surface area contributed by atoms with E-state index in [0.717, 1.165) is 16.1 Å². The van der Waals surface area contributed by atoms with Gasteiger partial charge in [-0.15, -0.1) is 11.8 Å². The molecule has 1 amide bonds. The minimum absolute atomic E-state index is 0.122. The molecule has 2 aromatic heterocycles. The van der Waals surface area contributed by atoms with Gasteiger partial charge >= 0.3 is 0 Å². The summed E-state index contributed by atoms with van der Waals surface area (Å²) in [5, 5.41) is 3.43. The lowest BCUT2D eigenvalue weighted by Crippen LogP contribution is -2.22. The Labute approximate surface area is 192 Å². The molecule has 0 aliphatic carbocycles. The molecular formula is C22H20N4O2S3. The maximum absolute atomic E-state index is 13.0. The van der Waals surface area contributed by atoms with Crippen LogP contribution in [0.3, 0.4) is 0 Å². The number of benzene rings is 2. The predicted molar refractivity (Wildman–Crippen MR) is 130 cm³/mol. The zero-order valence-corrected chi connectivity index (χ0v) is 19.4. The van der Waals surface area contributed by atoms with E-state index in [-0.39, 0.29) is 17.2 Å². The fourth-order valence-electron chi connectivity index (χ4n) is 3.10. The summed E-state index contributed by atoms with van der Waals surface area (Å²) >= 11 is 4.04. The van der Waals surface area contributed by atoms with Crippen molar-refractivity contribution in [2.24, 2.45) is 0 Å². The minimum Gasteiger partial charge on any atom is -0.325 e. The topological polar surface area (TPSA) is 76.9 Å². The predicted octanol–water partition coefficient (Wildman–Crippen LogP) is 4.99. The molecule has 0 aliphatic heterocycles. The fraction of sp³-hybridized carbons (Fsp3) is 0.182. The van der Waals surface area contributed by atoms with Gasteiger partial charge in [0, 0.05) is 22.7 Å². The summed E-state index contributed by atoms with van der Waals surface area (Å²) in [6.07, 6.45) is 1.99. The van der Waals surface area contributed by atoms with E-state index in [1.54, 1.807) is 16.3 Å². The molecule has 9 heteroatoms. The number of nitrogens with zero attached hydrogens (tertiary/aromatic N) is 3. The van der Waals surface area contributed by atoms with E-state index in [2.05, 4.69) is 9.69 Å². The third-order valence-electron chi connectivity index (χ3n) is 4.59. The molecule has 0 aliphatic rings. The number of aromatic nitrogens is 3. The summed E-state index contributed by atoms with van der Waals surface area (Å²) < 4.78 is 6.62. The Hall–Kier alpha value is -2.62. The van der Waals surface area contributed by atoms with Gasteiger partial charge in [0.05, 0.1) is 5.75 Å². The van der Waals surface area contributed by atoms with Gasteiger partial charge in [0.15, 0.2) is 5.16 Å². The van der Waals surface area contributed by atoms with Gasteiger partial charge < -0.3 is 5.32 Å². The summed E-state index contributed by atoms with van der Waals surface area (Å²) in [6.45, 7) is 2.37. The number of rotatable bonds is 7. The number of anilines is 1. The SMILES string of the molecule is CCn1c(SCC(=O)Nc2cccc(SC)c2)nc2c(-c3ccccc3)nsc2c1=O. The summed E-state index contributed by atoms with van der Waals surface area (Å²) in [7, 11) is 0. The van der Waals surface area contributed by atoms with Crippen LogP contribution in [0.1, 0.15) is 6.92 Å². The van der Waals surface area contributed by atoms with Gasteiger partial charge in [0.2, 0.25) is 5.91 Å². The van der Waals surface area contributed by atoms with Gasteiger partial charge in [-0.25, -0.2) is 4.98 Å². The van der Waals surface area contributed by atoms with Crippen LogP contribution in [0.25, 0.3) is 21.5 Å². The maximum Gasteiger partial charge on any atom is 0.273 e. The van der Waals surface area contributed by atoms with Crippen LogP contribution >= 0.6 is 35.1 Å². The van der Waals surface area contributed by atoms with Crippen LogP contribution in [-0.2, 0) is 11.3 Å². The van der Waals surface area contributed by atoms with Crippen LogP contribution in [0.2, 0.25) is 0 Å². The highest BCUT2D eigenvalue weighted by Gasteiger charge is 2.18. The van der Waals surface area contributed by atoms with Crippen molar-refractivity contribution in [1.29, 1.82) is 0 Å². The molecular weight excluding hydrogens is 448 g/mol. The van der Waals surface area contributed by atoms with Crippen molar-refractivity contribution in [3.63, 3.8) is 0 Å². The van der Waals surface area contributed by atoms with Gasteiger partial charge in [-0.3, -0.25) is 14.2 Å². The first kappa shape index (κ1) is 21.6. The Balaban J connectivity index is 1.60. The Bertz CT molecular complexity index is 1290. The molecule has 4 rings (SSSR count). The Morgan fingerprint density at radius 2 is 1.97 bits per heavy atom. The van der Waals surface area contributed by atoms with Crippen LogP contribution in [0, 0.1) is 0 Å². The van der Waals surface area contributed by atoms with Crippen molar-refractivity contribution in [2.75, 3.05) is 17.3 Å². The second kappa shape index (κ2) is 9.67. The second-order valence-electron chi connectivity index (χ2n) is 6.59. The van der Waals surface area contributed by atoms with Crippen LogP contribution in [0.4, 0.5) is 5.69 Å². The van der Waals surface area contributed by atoms with Gasteiger partial charge in [0.1, 0.15) is 15.9 Å². The first-order valence-corrected chi connectivity index (χ1v) is 12.6. The first-order valence-electron chi connectivity index (χ1n) is 9.63. The van der Waals surface area contributed by atoms with Crippen molar-refractivity contribution in [3.05, 3.63) is 65.0 Å². The van der Waals surface area contributed by atoms with Crippen molar-refractivity contribution in [2.45, 2.75) is 23.5 Å².